The van der Waals surface area contributed by atoms with Gasteiger partial charge in [0, 0.05) is 45.7 Å². The Labute approximate surface area is 187 Å². The summed E-state index contributed by atoms with van der Waals surface area (Å²) in [7, 11) is 0. The second-order valence-electron chi connectivity index (χ2n) is 6.82. The van der Waals surface area contributed by atoms with Crippen LogP contribution in [0.3, 0.4) is 0 Å². The Hall–Kier alpha value is -2.48. The molecule has 0 aromatic heterocycles. The van der Waals surface area contributed by atoms with Gasteiger partial charge < -0.3 is 16.4 Å². The van der Waals surface area contributed by atoms with E-state index >= 15 is 0 Å². The average Bonchev–Trinajstić information content (AvgIpc) is 2.72. The van der Waals surface area contributed by atoms with Crippen molar-refractivity contribution in [3.05, 3.63) is 59.7 Å². The number of fused-ring (bicyclic) bond motifs is 1. The molecule has 0 bridgehead atoms. The summed E-state index contributed by atoms with van der Waals surface area (Å²) >= 11 is 6.40. The lowest BCUT2D eigenvalue weighted by Crippen LogP contribution is -2.17. The van der Waals surface area contributed by atoms with Crippen LogP contribution in [0, 0.1) is 0 Å². The SMILES string of the molecule is C.CC1C=Cc2cc(NC(=O)c3cccc(SCC(=O)CC(=S)CN)c3)ccc2N1. The van der Waals surface area contributed by atoms with Gasteiger partial charge in [-0.2, -0.15) is 0 Å². The highest BCUT2D eigenvalue weighted by molar-refractivity contribution is 8.00. The molecule has 1 heterocycles. The van der Waals surface area contributed by atoms with Crippen molar-refractivity contribution in [1.82, 2.24) is 0 Å². The summed E-state index contributed by atoms with van der Waals surface area (Å²) in [4.78, 5) is 26.0. The number of hydrogen-bond acceptors (Lipinski definition) is 6. The van der Waals surface area contributed by atoms with Gasteiger partial charge in [-0.15, -0.1) is 11.8 Å². The molecule has 0 saturated carbocycles. The molecule has 0 saturated heterocycles. The third kappa shape index (κ3) is 6.52. The van der Waals surface area contributed by atoms with Crippen molar-refractivity contribution in [2.75, 3.05) is 22.9 Å². The van der Waals surface area contributed by atoms with Crippen LogP contribution in [0.1, 0.15) is 36.7 Å². The third-order valence-electron chi connectivity index (χ3n) is 4.38. The molecular weight excluding hydrogens is 414 g/mol. The molecule has 1 aliphatic rings. The molecule has 0 radical (unpaired) electrons. The molecule has 2 aromatic carbocycles. The zero-order valence-electron chi connectivity index (χ0n) is 16.1. The van der Waals surface area contributed by atoms with E-state index in [9.17, 15) is 9.59 Å². The first-order valence-corrected chi connectivity index (χ1v) is 10.7. The van der Waals surface area contributed by atoms with Crippen LogP contribution in [0.5, 0.6) is 0 Å². The van der Waals surface area contributed by atoms with E-state index in [0.717, 1.165) is 21.8 Å². The van der Waals surface area contributed by atoms with Crippen molar-refractivity contribution in [2.24, 2.45) is 5.73 Å². The van der Waals surface area contributed by atoms with Crippen LogP contribution in [-0.2, 0) is 4.79 Å². The summed E-state index contributed by atoms with van der Waals surface area (Å²) < 4.78 is 0. The monoisotopic (exact) mass is 441 g/mol. The zero-order valence-corrected chi connectivity index (χ0v) is 17.7. The minimum Gasteiger partial charge on any atom is -0.379 e. The predicted octanol–water partition coefficient (Wildman–Crippen LogP) is 4.78. The number of thiocarbonyl (C=S) groups is 1. The fourth-order valence-corrected chi connectivity index (χ4v) is 3.86. The van der Waals surface area contributed by atoms with Crippen LogP contribution in [0.4, 0.5) is 11.4 Å². The van der Waals surface area contributed by atoms with Gasteiger partial charge in [0.25, 0.3) is 5.91 Å². The van der Waals surface area contributed by atoms with Crippen LogP contribution in [0.25, 0.3) is 6.08 Å². The third-order valence-corrected chi connectivity index (χ3v) is 5.74. The Morgan fingerprint density at radius 1 is 1.23 bits per heavy atom. The molecule has 1 amide bonds. The van der Waals surface area contributed by atoms with Crippen LogP contribution in [0.15, 0.2) is 53.4 Å². The minimum absolute atomic E-state index is 0. The van der Waals surface area contributed by atoms with Gasteiger partial charge in [0.15, 0.2) is 0 Å². The smallest absolute Gasteiger partial charge is 0.255 e. The Balaban J connectivity index is 0.00000320. The second-order valence-corrected chi connectivity index (χ2v) is 8.45. The molecule has 30 heavy (non-hydrogen) atoms. The van der Waals surface area contributed by atoms with Gasteiger partial charge in [0.1, 0.15) is 5.78 Å². The van der Waals surface area contributed by atoms with Crippen LogP contribution >= 0.6 is 24.0 Å². The number of nitrogens with two attached hydrogens (primary N) is 1. The standard InChI is InChI=1S/C22H23N3O2S2.CH4/c1-14-5-6-15-9-17(7-8-21(15)24-14)25-22(27)16-3-2-4-20(10-16)29-13-18(26)11-19(28)12-23;/h2-10,14,24H,11-13,23H2,1H3,(H,25,27);1H4. The summed E-state index contributed by atoms with van der Waals surface area (Å²) in [6.45, 7) is 2.33. The van der Waals surface area contributed by atoms with E-state index < -0.39 is 0 Å². The summed E-state index contributed by atoms with van der Waals surface area (Å²) in [6, 6.07) is 13.3. The molecule has 0 fully saturated rings. The largest absolute Gasteiger partial charge is 0.379 e. The van der Waals surface area contributed by atoms with Gasteiger partial charge in [-0.1, -0.05) is 37.9 Å². The van der Waals surface area contributed by atoms with Crippen molar-refractivity contribution in [3.63, 3.8) is 0 Å². The van der Waals surface area contributed by atoms with Gasteiger partial charge in [0.05, 0.1) is 5.75 Å². The number of hydrogen-bond donors (Lipinski definition) is 3. The maximum atomic E-state index is 12.7. The lowest BCUT2D eigenvalue weighted by atomic mass is 10.1. The molecule has 1 unspecified atom stereocenters. The number of thioether (sulfide) groups is 1. The maximum absolute atomic E-state index is 12.7. The lowest BCUT2D eigenvalue weighted by Gasteiger charge is -2.19. The number of ketones is 1. The fraction of sp³-hybridized carbons (Fsp3) is 0.261. The van der Waals surface area contributed by atoms with Crippen molar-refractivity contribution in [3.8, 4) is 0 Å². The normalized spacial score (nSPS) is 14.1. The van der Waals surface area contributed by atoms with Crippen molar-refractivity contribution in [1.29, 1.82) is 0 Å². The number of anilines is 2. The van der Waals surface area contributed by atoms with Gasteiger partial charge in [-0.3, -0.25) is 9.59 Å². The molecule has 0 aliphatic carbocycles. The van der Waals surface area contributed by atoms with Gasteiger partial charge in [0.2, 0.25) is 0 Å². The predicted molar refractivity (Wildman–Crippen MR) is 132 cm³/mol. The summed E-state index contributed by atoms with van der Waals surface area (Å²) in [5.41, 5.74) is 8.80. The Morgan fingerprint density at radius 2 is 2.03 bits per heavy atom. The van der Waals surface area contributed by atoms with E-state index in [1.54, 1.807) is 12.1 Å². The molecule has 1 atom stereocenters. The number of benzene rings is 2. The number of rotatable bonds is 8. The molecule has 2 aromatic rings. The lowest BCUT2D eigenvalue weighted by molar-refractivity contribution is -0.115. The highest BCUT2D eigenvalue weighted by Crippen LogP contribution is 2.27. The molecule has 4 N–H and O–H groups in total. The fourth-order valence-electron chi connectivity index (χ4n) is 2.89. The van der Waals surface area contributed by atoms with E-state index in [0.29, 0.717) is 22.2 Å². The highest BCUT2D eigenvalue weighted by Gasteiger charge is 2.12. The maximum Gasteiger partial charge on any atom is 0.255 e. The van der Waals surface area contributed by atoms with Crippen LogP contribution in [-0.4, -0.2) is 34.9 Å². The zero-order chi connectivity index (χ0) is 20.8. The number of carbonyl (C=O) groups is 2. The van der Waals surface area contributed by atoms with Gasteiger partial charge in [-0.05, 0) is 48.9 Å². The number of amides is 1. The van der Waals surface area contributed by atoms with Gasteiger partial charge in [-0.25, -0.2) is 0 Å². The number of nitrogens with one attached hydrogen (secondary N) is 2. The molecular formula is C23H27N3O2S2. The highest BCUT2D eigenvalue weighted by atomic mass is 32.2. The van der Waals surface area contributed by atoms with E-state index in [2.05, 4.69) is 29.7 Å². The van der Waals surface area contributed by atoms with Crippen molar-refractivity contribution >= 4 is 58.0 Å². The van der Waals surface area contributed by atoms with Gasteiger partial charge >= 0.3 is 0 Å². The Bertz CT molecular complexity index is 973. The summed E-state index contributed by atoms with van der Waals surface area (Å²) in [6.07, 6.45) is 4.35. The summed E-state index contributed by atoms with van der Waals surface area (Å²) in [5, 5.41) is 6.31. The topological polar surface area (TPSA) is 84.2 Å². The quantitative estimate of drug-likeness (QED) is 0.404. The minimum atomic E-state index is -0.191. The second kappa shape index (κ2) is 11.1. The Kier molecular flexibility index (Phi) is 8.77. The van der Waals surface area contributed by atoms with Crippen LogP contribution < -0.4 is 16.4 Å². The van der Waals surface area contributed by atoms with E-state index in [1.807, 2.05) is 30.3 Å². The molecule has 3 rings (SSSR count). The molecule has 0 spiro atoms. The number of Topliss-reactive ketones (excluding diaryl/α,β-unsaturated/α-hetero) is 1. The number of carbonyl (C=O) groups excluding carboxylic acids is 2. The van der Waals surface area contributed by atoms with Crippen molar-refractivity contribution in [2.45, 2.75) is 31.7 Å². The first-order valence-electron chi connectivity index (χ1n) is 9.31. The molecule has 5 nitrogen and oxygen atoms in total. The van der Waals surface area contributed by atoms with E-state index in [1.165, 1.54) is 11.8 Å². The van der Waals surface area contributed by atoms with E-state index in [-0.39, 0.29) is 32.1 Å². The summed E-state index contributed by atoms with van der Waals surface area (Å²) in [5.74, 6) is 0.142. The Morgan fingerprint density at radius 3 is 2.80 bits per heavy atom. The first kappa shape index (κ1) is 23.8. The first-order chi connectivity index (χ1) is 13.9. The molecule has 7 heteroatoms. The molecule has 1 aliphatic heterocycles. The molecule has 158 valence electrons. The van der Waals surface area contributed by atoms with Crippen LogP contribution in [0.2, 0.25) is 0 Å². The average molecular weight is 442 g/mol. The van der Waals surface area contributed by atoms with Crippen molar-refractivity contribution < 1.29 is 9.59 Å². The van der Waals surface area contributed by atoms with E-state index in [4.69, 9.17) is 18.0 Å².